The number of rotatable bonds is 3. The van der Waals surface area contributed by atoms with Crippen LogP contribution in [-0.4, -0.2) is 6.54 Å². The predicted octanol–water partition coefficient (Wildman–Crippen LogP) is 3.43. The Hall–Kier alpha value is -0.0400. The Balaban J connectivity index is 1.90. The van der Waals surface area contributed by atoms with Crippen molar-refractivity contribution in [1.29, 1.82) is 0 Å². The van der Waals surface area contributed by atoms with E-state index in [1.54, 1.807) is 0 Å². The smallest absolute Gasteiger partial charge is 0.00746 e. The van der Waals surface area contributed by atoms with Gasteiger partial charge in [0.1, 0.15) is 0 Å². The second-order valence-corrected chi connectivity index (χ2v) is 6.56. The van der Waals surface area contributed by atoms with Crippen molar-refractivity contribution in [3.63, 3.8) is 0 Å². The van der Waals surface area contributed by atoms with Gasteiger partial charge in [-0.25, -0.2) is 0 Å². The molecule has 1 heteroatoms. The monoisotopic (exact) mass is 209 g/mol. The molecule has 0 aromatic heterocycles. The molecule has 15 heavy (non-hydrogen) atoms. The zero-order valence-electron chi connectivity index (χ0n) is 10.6. The van der Waals surface area contributed by atoms with E-state index in [0.29, 0.717) is 0 Å². The lowest BCUT2D eigenvalue weighted by atomic mass is 9.55. The molecule has 2 saturated carbocycles. The van der Waals surface area contributed by atoms with Gasteiger partial charge in [-0.1, -0.05) is 20.8 Å². The molecular formula is C14H27N. The Kier molecular flexibility index (Phi) is 3.12. The first-order valence-corrected chi connectivity index (χ1v) is 6.77. The van der Waals surface area contributed by atoms with Gasteiger partial charge in [0.25, 0.3) is 0 Å². The maximum Gasteiger partial charge on any atom is -0.00746 e. The minimum Gasteiger partial charge on any atom is -0.330 e. The number of hydrogen-bond donors (Lipinski definition) is 1. The third kappa shape index (κ3) is 1.95. The van der Waals surface area contributed by atoms with Crippen LogP contribution in [0.25, 0.3) is 0 Å². The van der Waals surface area contributed by atoms with E-state index in [4.69, 9.17) is 5.73 Å². The molecule has 2 atom stereocenters. The van der Waals surface area contributed by atoms with Crippen LogP contribution in [0.3, 0.4) is 0 Å². The molecule has 2 aliphatic carbocycles. The topological polar surface area (TPSA) is 26.0 Å². The number of nitrogens with two attached hydrogens (primary N) is 1. The summed E-state index contributed by atoms with van der Waals surface area (Å²) in [5.41, 5.74) is 6.42. The lowest BCUT2D eigenvalue weighted by Gasteiger charge is -2.50. The summed E-state index contributed by atoms with van der Waals surface area (Å²) in [7, 11) is 0. The molecule has 0 heterocycles. The van der Waals surface area contributed by atoms with Gasteiger partial charge in [0.05, 0.1) is 0 Å². The molecule has 2 N–H and O–H groups in total. The Bertz CT molecular complexity index is 215. The van der Waals surface area contributed by atoms with E-state index in [0.717, 1.165) is 35.6 Å². The van der Waals surface area contributed by atoms with Gasteiger partial charge in [-0.15, -0.1) is 0 Å². The average molecular weight is 209 g/mol. The molecule has 2 rings (SSSR count). The van der Waals surface area contributed by atoms with Crippen molar-refractivity contribution in [2.24, 2.45) is 34.8 Å². The maximum atomic E-state index is 5.68. The van der Waals surface area contributed by atoms with Gasteiger partial charge in [-0.3, -0.25) is 0 Å². The Morgan fingerprint density at radius 3 is 2.47 bits per heavy atom. The minimum absolute atomic E-state index is 0.745. The summed E-state index contributed by atoms with van der Waals surface area (Å²) in [4.78, 5) is 0. The van der Waals surface area contributed by atoms with Gasteiger partial charge >= 0.3 is 0 Å². The summed E-state index contributed by atoms with van der Waals surface area (Å²) in [5, 5.41) is 0. The Morgan fingerprint density at radius 1 is 1.27 bits per heavy atom. The molecule has 2 fully saturated rings. The highest BCUT2D eigenvalue weighted by atomic mass is 14.6. The van der Waals surface area contributed by atoms with Gasteiger partial charge in [0, 0.05) is 0 Å². The van der Waals surface area contributed by atoms with Gasteiger partial charge in [-0.2, -0.15) is 0 Å². The summed E-state index contributed by atoms with van der Waals surface area (Å²) < 4.78 is 0. The molecule has 0 bridgehead atoms. The van der Waals surface area contributed by atoms with Gasteiger partial charge in [-0.05, 0) is 67.7 Å². The molecule has 0 aromatic rings. The highest BCUT2D eigenvalue weighted by Crippen LogP contribution is 2.62. The van der Waals surface area contributed by atoms with Gasteiger partial charge < -0.3 is 5.73 Å². The van der Waals surface area contributed by atoms with Crippen LogP contribution in [-0.2, 0) is 0 Å². The van der Waals surface area contributed by atoms with Crippen LogP contribution in [0.1, 0.15) is 52.9 Å². The van der Waals surface area contributed by atoms with Crippen LogP contribution in [0.2, 0.25) is 0 Å². The minimum atomic E-state index is 0.745. The highest BCUT2D eigenvalue weighted by molar-refractivity contribution is 5.03. The molecule has 2 aliphatic rings. The lowest BCUT2D eigenvalue weighted by molar-refractivity contribution is -0.00559. The van der Waals surface area contributed by atoms with Crippen LogP contribution in [0.5, 0.6) is 0 Å². The quantitative estimate of drug-likeness (QED) is 0.757. The van der Waals surface area contributed by atoms with Crippen molar-refractivity contribution in [1.82, 2.24) is 0 Å². The molecule has 88 valence electrons. The third-order valence-corrected chi connectivity index (χ3v) is 5.28. The summed E-state index contributed by atoms with van der Waals surface area (Å²) >= 11 is 0. The molecule has 1 spiro atoms. The fourth-order valence-corrected chi connectivity index (χ4v) is 4.09. The first-order chi connectivity index (χ1) is 7.07. The maximum absolute atomic E-state index is 5.68. The second-order valence-electron chi connectivity index (χ2n) is 6.56. The van der Waals surface area contributed by atoms with E-state index < -0.39 is 0 Å². The van der Waals surface area contributed by atoms with Crippen molar-refractivity contribution in [3.05, 3.63) is 0 Å². The molecular weight excluding hydrogens is 182 g/mol. The van der Waals surface area contributed by atoms with E-state index in [1.165, 1.54) is 32.1 Å². The van der Waals surface area contributed by atoms with Crippen molar-refractivity contribution in [3.8, 4) is 0 Å². The van der Waals surface area contributed by atoms with Crippen molar-refractivity contribution < 1.29 is 0 Å². The molecule has 0 radical (unpaired) electrons. The van der Waals surface area contributed by atoms with E-state index >= 15 is 0 Å². The van der Waals surface area contributed by atoms with E-state index in [2.05, 4.69) is 20.8 Å². The van der Waals surface area contributed by atoms with Crippen LogP contribution in [0.15, 0.2) is 0 Å². The normalized spacial score (nSPS) is 45.0. The van der Waals surface area contributed by atoms with Crippen LogP contribution in [0.4, 0.5) is 0 Å². The average Bonchev–Trinajstić information content (AvgIpc) is 2.40. The standard InChI is InChI=1S/C14H27N/c1-10(2)13-8-14(9-13)7-12(4-5-15)6-11(14)3/h10-13H,4-9,15H2,1-3H3. The number of hydrogen-bond acceptors (Lipinski definition) is 1. The molecule has 0 saturated heterocycles. The first kappa shape index (κ1) is 11.4. The Labute approximate surface area is 94.8 Å². The molecule has 0 aliphatic heterocycles. The SMILES string of the molecule is CC(C)C1CC2(CC(CCN)CC2C)C1. The zero-order chi connectivity index (χ0) is 11.1. The van der Waals surface area contributed by atoms with Crippen LogP contribution >= 0.6 is 0 Å². The molecule has 2 unspecified atom stereocenters. The van der Waals surface area contributed by atoms with E-state index in [1.807, 2.05) is 0 Å². The van der Waals surface area contributed by atoms with E-state index in [-0.39, 0.29) is 0 Å². The molecule has 0 aromatic carbocycles. The summed E-state index contributed by atoms with van der Waals surface area (Å²) in [6, 6.07) is 0. The van der Waals surface area contributed by atoms with Crippen LogP contribution < -0.4 is 5.73 Å². The summed E-state index contributed by atoms with van der Waals surface area (Å²) in [5.74, 6) is 3.82. The van der Waals surface area contributed by atoms with Gasteiger partial charge in [0.15, 0.2) is 0 Å². The third-order valence-electron chi connectivity index (χ3n) is 5.28. The highest BCUT2D eigenvalue weighted by Gasteiger charge is 2.52. The second kappa shape index (κ2) is 4.08. The Morgan fingerprint density at radius 2 is 1.93 bits per heavy atom. The predicted molar refractivity (Wildman–Crippen MR) is 65.6 cm³/mol. The van der Waals surface area contributed by atoms with Crippen molar-refractivity contribution in [2.75, 3.05) is 6.54 Å². The van der Waals surface area contributed by atoms with E-state index in [9.17, 15) is 0 Å². The lowest BCUT2D eigenvalue weighted by Crippen LogP contribution is -2.41. The van der Waals surface area contributed by atoms with Gasteiger partial charge in [0.2, 0.25) is 0 Å². The first-order valence-electron chi connectivity index (χ1n) is 6.77. The summed E-state index contributed by atoms with van der Waals surface area (Å²) in [6.07, 6.45) is 7.20. The van der Waals surface area contributed by atoms with Crippen molar-refractivity contribution >= 4 is 0 Å². The van der Waals surface area contributed by atoms with Crippen molar-refractivity contribution in [2.45, 2.75) is 52.9 Å². The van der Waals surface area contributed by atoms with Crippen LogP contribution in [0, 0.1) is 29.1 Å². The molecule has 1 nitrogen and oxygen atoms in total. The fraction of sp³-hybridized carbons (Fsp3) is 1.00. The largest absolute Gasteiger partial charge is 0.330 e. The zero-order valence-corrected chi connectivity index (χ0v) is 10.6. The molecule has 0 amide bonds. The summed E-state index contributed by atoms with van der Waals surface area (Å²) in [6.45, 7) is 8.14. The fourth-order valence-electron chi connectivity index (χ4n) is 4.09.